The van der Waals surface area contributed by atoms with Crippen molar-refractivity contribution in [2.45, 2.75) is 149 Å². The van der Waals surface area contributed by atoms with Crippen molar-refractivity contribution in [2.24, 2.45) is 0 Å². The van der Waals surface area contributed by atoms with Crippen LogP contribution in [-0.4, -0.2) is 31.6 Å². The lowest BCUT2D eigenvalue weighted by molar-refractivity contribution is -0.249. The van der Waals surface area contributed by atoms with Gasteiger partial charge in [0.25, 0.3) is 5.79 Å². The Labute approximate surface area is 194 Å². The van der Waals surface area contributed by atoms with E-state index >= 15 is 0 Å². The second-order valence-electron chi connectivity index (χ2n) is 8.81. The maximum Gasteiger partial charge on any atom is 0.366 e. The van der Waals surface area contributed by atoms with Crippen LogP contribution in [0.3, 0.4) is 0 Å². The number of rotatable bonds is 24. The lowest BCUT2D eigenvalue weighted by Gasteiger charge is -2.30. The number of esters is 1. The summed E-state index contributed by atoms with van der Waals surface area (Å²) in [5.41, 5.74) is 0. The second-order valence-corrected chi connectivity index (χ2v) is 8.81. The van der Waals surface area contributed by atoms with Gasteiger partial charge in [-0.05, 0) is 26.7 Å². The Hall–Kier alpha value is -0.610. The molecule has 0 N–H and O–H groups in total. The average Bonchev–Trinajstić information content (AvgIpc) is 2.77. The summed E-state index contributed by atoms with van der Waals surface area (Å²) in [6.07, 6.45) is 22.1. The van der Waals surface area contributed by atoms with Crippen LogP contribution in [0.4, 0.5) is 0 Å². The van der Waals surface area contributed by atoms with Gasteiger partial charge >= 0.3 is 5.97 Å². The smallest absolute Gasteiger partial charge is 0.366 e. The third-order valence-electron chi connectivity index (χ3n) is 5.91. The van der Waals surface area contributed by atoms with Crippen molar-refractivity contribution in [3.05, 3.63) is 0 Å². The molecule has 31 heavy (non-hydrogen) atoms. The molecule has 0 aromatic carbocycles. The van der Waals surface area contributed by atoms with Crippen LogP contribution < -0.4 is 0 Å². The van der Waals surface area contributed by atoms with Gasteiger partial charge in [-0.25, -0.2) is 4.79 Å². The Balaban J connectivity index is 3.95. The molecule has 0 bridgehead atoms. The third-order valence-corrected chi connectivity index (χ3v) is 5.91. The van der Waals surface area contributed by atoms with Crippen LogP contribution in [0.15, 0.2) is 0 Å². The summed E-state index contributed by atoms with van der Waals surface area (Å²) in [5.74, 6) is -1.56. The van der Waals surface area contributed by atoms with E-state index in [2.05, 4.69) is 13.8 Å². The van der Waals surface area contributed by atoms with Gasteiger partial charge in [0.1, 0.15) is 0 Å². The Morgan fingerprint density at radius 3 is 1.35 bits per heavy atom. The standard InChI is InChI=1S/C27H54O4/c1-5-9-11-12-13-14-15-16-17-18-19-20-21-22-24-27(30-7-3,31-8-4)26(28)29-25-23-10-6-2/h5-25H2,1-4H3. The average molecular weight is 443 g/mol. The van der Waals surface area contributed by atoms with E-state index < -0.39 is 5.79 Å². The summed E-state index contributed by atoms with van der Waals surface area (Å²) in [4.78, 5) is 12.7. The van der Waals surface area contributed by atoms with Crippen molar-refractivity contribution in [3.63, 3.8) is 0 Å². The minimum absolute atomic E-state index is 0.345. The van der Waals surface area contributed by atoms with Gasteiger partial charge in [-0.3, -0.25) is 0 Å². The number of carbonyl (C=O) groups excluding carboxylic acids is 1. The molecule has 0 heterocycles. The van der Waals surface area contributed by atoms with Gasteiger partial charge in [-0.2, -0.15) is 0 Å². The van der Waals surface area contributed by atoms with E-state index in [9.17, 15) is 4.79 Å². The Bertz CT molecular complexity index is 377. The van der Waals surface area contributed by atoms with Crippen molar-refractivity contribution >= 4 is 5.97 Å². The predicted octanol–water partition coefficient (Wildman–Crippen LogP) is 8.36. The predicted molar refractivity (Wildman–Crippen MR) is 131 cm³/mol. The maximum atomic E-state index is 12.7. The molecule has 0 amide bonds. The van der Waals surface area contributed by atoms with E-state index in [0.29, 0.717) is 26.2 Å². The zero-order chi connectivity index (χ0) is 23.0. The highest BCUT2D eigenvalue weighted by Gasteiger charge is 2.41. The molecule has 0 aliphatic carbocycles. The van der Waals surface area contributed by atoms with E-state index in [1.165, 1.54) is 77.0 Å². The first-order valence-corrected chi connectivity index (χ1v) is 13.6. The topological polar surface area (TPSA) is 44.8 Å². The molecule has 0 rings (SSSR count). The number of hydrogen-bond donors (Lipinski definition) is 0. The fourth-order valence-corrected chi connectivity index (χ4v) is 4.05. The van der Waals surface area contributed by atoms with Crippen molar-refractivity contribution in [1.29, 1.82) is 0 Å². The van der Waals surface area contributed by atoms with Crippen LogP contribution >= 0.6 is 0 Å². The molecule has 4 nitrogen and oxygen atoms in total. The lowest BCUT2D eigenvalue weighted by Crippen LogP contribution is -2.46. The molecule has 0 unspecified atom stereocenters. The van der Waals surface area contributed by atoms with E-state index in [1.54, 1.807) is 0 Å². The summed E-state index contributed by atoms with van der Waals surface area (Å²) >= 11 is 0. The quantitative estimate of drug-likeness (QED) is 0.0855. The van der Waals surface area contributed by atoms with Gasteiger partial charge in [0.15, 0.2) is 0 Å². The van der Waals surface area contributed by atoms with E-state index in [-0.39, 0.29) is 5.97 Å². The van der Waals surface area contributed by atoms with Gasteiger partial charge < -0.3 is 14.2 Å². The zero-order valence-electron chi connectivity index (χ0n) is 21.5. The first kappa shape index (κ1) is 30.4. The molecule has 186 valence electrons. The van der Waals surface area contributed by atoms with Gasteiger partial charge in [-0.15, -0.1) is 0 Å². The molecule has 0 aromatic rings. The highest BCUT2D eigenvalue weighted by Crippen LogP contribution is 2.25. The summed E-state index contributed by atoms with van der Waals surface area (Å²) < 4.78 is 17.1. The number of ether oxygens (including phenoxy) is 3. The fraction of sp³-hybridized carbons (Fsp3) is 0.963. The van der Waals surface area contributed by atoms with Crippen LogP contribution in [0.25, 0.3) is 0 Å². The second kappa shape index (κ2) is 22.6. The van der Waals surface area contributed by atoms with Crippen molar-refractivity contribution < 1.29 is 19.0 Å². The summed E-state index contributed by atoms with van der Waals surface area (Å²) in [6.45, 7) is 9.57. The lowest BCUT2D eigenvalue weighted by atomic mass is 10.0. The molecule has 0 aliphatic rings. The molecule has 4 heteroatoms. The molecule has 0 radical (unpaired) electrons. The number of hydrogen-bond acceptors (Lipinski definition) is 4. The fourth-order valence-electron chi connectivity index (χ4n) is 4.05. The SMILES string of the molecule is CCCCCCCCCCCCCCCCC(OCC)(OCC)C(=O)OCCCCC. The summed E-state index contributed by atoms with van der Waals surface area (Å²) in [5, 5.41) is 0. The van der Waals surface area contributed by atoms with Crippen LogP contribution in [0.1, 0.15) is 143 Å². The van der Waals surface area contributed by atoms with Crippen molar-refractivity contribution in [1.82, 2.24) is 0 Å². The molecule has 0 spiro atoms. The maximum absolute atomic E-state index is 12.7. The van der Waals surface area contributed by atoms with Crippen LogP contribution in [0, 0.1) is 0 Å². The Morgan fingerprint density at radius 1 is 0.548 bits per heavy atom. The monoisotopic (exact) mass is 442 g/mol. The Kier molecular flexibility index (Phi) is 22.1. The highest BCUT2D eigenvalue weighted by atomic mass is 16.7. The summed E-state index contributed by atoms with van der Waals surface area (Å²) in [7, 11) is 0. The van der Waals surface area contributed by atoms with E-state index in [0.717, 1.165) is 32.1 Å². The highest BCUT2D eigenvalue weighted by molar-refractivity contribution is 5.77. The minimum Gasteiger partial charge on any atom is -0.462 e. The van der Waals surface area contributed by atoms with Gasteiger partial charge in [0.2, 0.25) is 0 Å². The molecular weight excluding hydrogens is 388 g/mol. The normalized spacial score (nSPS) is 11.7. The first-order valence-electron chi connectivity index (χ1n) is 13.6. The molecule has 0 saturated carbocycles. The Morgan fingerprint density at radius 2 is 0.935 bits per heavy atom. The molecule has 0 saturated heterocycles. The summed E-state index contributed by atoms with van der Waals surface area (Å²) in [6, 6.07) is 0. The van der Waals surface area contributed by atoms with Crippen molar-refractivity contribution in [2.75, 3.05) is 19.8 Å². The molecule has 0 fully saturated rings. The minimum atomic E-state index is -1.22. The molecule has 0 atom stereocenters. The van der Waals surface area contributed by atoms with Gasteiger partial charge in [0.05, 0.1) is 6.61 Å². The van der Waals surface area contributed by atoms with Gasteiger partial charge in [0, 0.05) is 19.6 Å². The van der Waals surface area contributed by atoms with E-state index in [4.69, 9.17) is 14.2 Å². The third kappa shape index (κ3) is 16.7. The number of carbonyl (C=O) groups is 1. The van der Waals surface area contributed by atoms with Crippen LogP contribution in [0.5, 0.6) is 0 Å². The first-order chi connectivity index (χ1) is 15.2. The van der Waals surface area contributed by atoms with Gasteiger partial charge in [-0.1, -0.05) is 110 Å². The van der Waals surface area contributed by atoms with Crippen LogP contribution in [-0.2, 0) is 19.0 Å². The zero-order valence-corrected chi connectivity index (χ0v) is 21.5. The van der Waals surface area contributed by atoms with E-state index in [1.807, 2.05) is 13.8 Å². The molecule has 0 aromatic heterocycles. The van der Waals surface area contributed by atoms with Crippen molar-refractivity contribution in [3.8, 4) is 0 Å². The molecular formula is C27H54O4. The molecule has 0 aliphatic heterocycles. The largest absolute Gasteiger partial charge is 0.462 e. The number of unbranched alkanes of at least 4 members (excludes halogenated alkanes) is 15. The van der Waals surface area contributed by atoms with Crippen LogP contribution in [0.2, 0.25) is 0 Å².